The molecule has 1 aliphatic rings. The topological polar surface area (TPSA) is 266 Å². The standard InChI is InChI=1S/C43H52N10O5S/c44-25-43(17-9-18-43)41(58)53-35(22-28-24-59-36-16-7-5-13-30(28)36)40(57)52-34(21-27-23-49-31-14-6-4-12-29(27)31)39(56)51-33(20-26-10-2-1-3-11-26)38(55)50-32(37(45)54)15-8-19-48-42(46)47/h1-7,10-14,16,23-24,32-35,49H,8-9,15,17-22,25,44H2,(H2,45,54)(H,50,55)(H,51,56)(H,52,57)(H,53,58)(H4,46,47,48)/t32-,33+,34-,35-/m1/s1. The van der Waals surface area contributed by atoms with Crippen molar-refractivity contribution in [1.29, 1.82) is 0 Å². The van der Waals surface area contributed by atoms with Crippen molar-refractivity contribution in [3.05, 3.63) is 107 Å². The van der Waals surface area contributed by atoms with E-state index in [1.54, 1.807) is 17.5 Å². The SMILES string of the molecule is NCC1(C(=O)N[C@H](Cc2csc3ccccc23)C(=O)N[C@H](Cc2c[nH]c3ccccc23)C(=O)N[C@@H](Cc2ccccc2)C(=O)N[C@H](CCCN=C(N)N)C(N)=O)CCC1. The van der Waals surface area contributed by atoms with Gasteiger partial charge in [0.05, 0.1) is 5.41 Å². The fourth-order valence-electron chi connectivity index (χ4n) is 7.45. The predicted octanol–water partition coefficient (Wildman–Crippen LogP) is 2.02. The molecule has 59 heavy (non-hydrogen) atoms. The number of thiophene rings is 1. The lowest BCUT2D eigenvalue weighted by Crippen LogP contribution is -2.60. The maximum absolute atomic E-state index is 14.6. The summed E-state index contributed by atoms with van der Waals surface area (Å²) in [6.07, 6.45) is 4.67. The van der Waals surface area contributed by atoms with Crippen LogP contribution in [0.3, 0.4) is 0 Å². The third-order valence-electron chi connectivity index (χ3n) is 11.0. The van der Waals surface area contributed by atoms with Gasteiger partial charge in [0, 0.05) is 54.2 Å². The molecule has 6 rings (SSSR count). The fraction of sp³-hybridized carbons (Fsp3) is 0.349. The monoisotopic (exact) mass is 820 g/mol. The van der Waals surface area contributed by atoms with Crippen molar-refractivity contribution >= 4 is 67.8 Å². The van der Waals surface area contributed by atoms with Gasteiger partial charge in [0.25, 0.3) is 0 Å². The van der Waals surface area contributed by atoms with Crippen LogP contribution in [0, 0.1) is 5.41 Å². The first-order valence-corrected chi connectivity index (χ1v) is 20.6. The highest BCUT2D eigenvalue weighted by molar-refractivity contribution is 7.17. The van der Waals surface area contributed by atoms with E-state index in [1.165, 1.54) is 0 Å². The summed E-state index contributed by atoms with van der Waals surface area (Å²) in [4.78, 5) is 76.6. The van der Waals surface area contributed by atoms with Gasteiger partial charge in [-0.1, -0.05) is 73.2 Å². The van der Waals surface area contributed by atoms with Crippen LogP contribution in [0.15, 0.2) is 95.4 Å². The Bertz CT molecular complexity index is 2290. The second kappa shape index (κ2) is 19.5. The third-order valence-corrected chi connectivity index (χ3v) is 12.1. The number of nitrogens with two attached hydrogens (primary N) is 4. The van der Waals surface area contributed by atoms with Gasteiger partial charge in [0.15, 0.2) is 5.96 Å². The predicted molar refractivity (Wildman–Crippen MR) is 230 cm³/mol. The molecule has 1 aliphatic carbocycles. The fourth-order valence-corrected chi connectivity index (χ4v) is 8.43. The highest BCUT2D eigenvalue weighted by Gasteiger charge is 2.44. The molecule has 5 aromatic rings. The largest absolute Gasteiger partial charge is 0.370 e. The first-order valence-electron chi connectivity index (χ1n) is 19.8. The van der Waals surface area contributed by atoms with E-state index in [0.717, 1.165) is 44.1 Å². The van der Waals surface area contributed by atoms with Crippen LogP contribution in [0.5, 0.6) is 0 Å². The zero-order valence-corrected chi connectivity index (χ0v) is 33.6. The first kappa shape index (κ1) is 42.3. The lowest BCUT2D eigenvalue weighted by atomic mass is 9.68. The molecule has 1 saturated carbocycles. The van der Waals surface area contributed by atoms with Crippen molar-refractivity contribution in [3.8, 4) is 0 Å². The summed E-state index contributed by atoms with van der Waals surface area (Å²) in [7, 11) is 0. The first-order chi connectivity index (χ1) is 28.5. The summed E-state index contributed by atoms with van der Waals surface area (Å²) in [5, 5.41) is 15.3. The van der Waals surface area contributed by atoms with Crippen LogP contribution in [-0.4, -0.2) is 77.7 Å². The minimum absolute atomic E-state index is 0.0464. The number of nitrogens with zero attached hydrogens (tertiary/aromatic N) is 1. The average Bonchev–Trinajstić information content (AvgIpc) is 3.82. The highest BCUT2D eigenvalue weighted by atomic mass is 32.1. The van der Waals surface area contributed by atoms with Crippen LogP contribution >= 0.6 is 11.3 Å². The lowest BCUT2D eigenvalue weighted by Gasteiger charge is -2.40. The molecule has 13 N–H and O–H groups in total. The van der Waals surface area contributed by atoms with Crippen LogP contribution in [-0.2, 0) is 43.2 Å². The Hall–Kier alpha value is -6.26. The molecule has 16 heteroatoms. The smallest absolute Gasteiger partial charge is 0.243 e. The van der Waals surface area contributed by atoms with Gasteiger partial charge in [-0.05, 0) is 65.3 Å². The Labute approximate surface area is 346 Å². The number of aromatic amines is 1. The van der Waals surface area contributed by atoms with E-state index in [4.69, 9.17) is 22.9 Å². The molecule has 1 fully saturated rings. The van der Waals surface area contributed by atoms with Crippen molar-refractivity contribution in [2.75, 3.05) is 13.1 Å². The van der Waals surface area contributed by atoms with E-state index in [9.17, 15) is 24.0 Å². The number of amides is 5. The van der Waals surface area contributed by atoms with E-state index in [1.807, 2.05) is 84.2 Å². The number of carbonyl (C=O) groups excluding carboxylic acids is 5. The van der Waals surface area contributed by atoms with Crippen LogP contribution in [0.2, 0.25) is 0 Å². The average molecular weight is 821 g/mol. The molecule has 2 aromatic heterocycles. The number of rotatable bonds is 20. The van der Waals surface area contributed by atoms with Crippen LogP contribution in [0.25, 0.3) is 21.0 Å². The summed E-state index contributed by atoms with van der Waals surface area (Å²) in [5.74, 6) is -3.03. The molecule has 0 saturated heterocycles. The number of H-pyrrole nitrogens is 1. The summed E-state index contributed by atoms with van der Waals surface area (Å²) in [6.45, 7) is 0.372. The molecule has 15 nitrogen and oxygen atoms in total. The van der Waals surface area contributed by atoms with Gasteiger partial charge in [0.2, 0.25) is 29.5 Å². The van der Waals surface area contributed by atoms with E-state index in [-0.39, 0.29) is 50.6 Å². The van der Waals surface area contributed by atoms with Crippen LogP contribution in [0.1, 0.15) is 48.8 Å². The van der Waals surface area contributed by atoms with Gasteiger partial charge in [-0.25, -0.2) is 0 Å². The number of fused-ring (bicyclic) bond motifs is 2. The van der Waals surface area contributed by atoms with Crippen molar-refractivity contribution in [2.45, 2.75) is 75.5 Å². The van der Waals surface area contributed by atoms with Gasteiger partial charge < -0.3 is 49.2 Å². The Balaban J connectivity index is 1.29. The Morgan fingerprint density at radius 3 is 1.95 bits per heavy atom. The summed E-state index contributed by atoms with van der Waals surface area (Å²) in [6, 6.07) is 20.0. The van der Waals surface area contributed by atoms with Gasteiger partial charge in [-0.3, -0.25) is 29.0 Å². The molecule has 3 aromatic carbocycles. The van der Waals surface area contributed by atoms with Gasteiger partial charge in [-0.15, -0.1) is 11.3 Å². The van der Waals surface area contributed by atoms with E-state index >= 15 is 0 Å². The number of para-hydroxylation sites is 1. The summed E-state index contributed by atoms with van der Waals surface area (Å²) >= 11 is 1.54. The zero-order valence-electron chi connectivity index (χ0n) is 32.7. The van der Waals surface area contributed by atoms with Crippen molar-refractivity contribution in [2.24, 2.45) is 33.3 Å². The number of aromatic nitrogens is 1. The lowest BCUT2D eigenvalue weighted by molar-refractivity contribution is -0.139. The van der Waals surface area contributed by atoms with Gasteiger partial charge in [-0.2, -0.15) is 0 Å². The van der Waals surface area contributed by atoms with E-state index < -0.39 is 53.2 Å². The molecule has 2 heterocycles. The second-order valence-corrected chi connectivity index (χ2v) is 16.0. The quantitative estimate of drug-likeness (QED) is 0.0318. The zero-order chi connectivity index (χ0) is 41.9. The van der Waals surface area contributed by atoms with E-state index in [2.05, 4.69) is 31.2 Å². The van der Waals surface area contributed by atoms with Crippen molar-refractivity contribution < 1.29 is 24.0 Å². The maximum Gasteiger partial charge on any atom is 0.243 e. The number of nitrogens with one attached hydrogen (secondary N) is 5. The van der Waals surface area contributed by atoms with Crippen LogP contribution < -0.4 is 44.2 Å². The molecule has 0 unspecified atom stereocenters. The Kier molecular flexibility index (Phi) is 14.0. The molecule has 0 spiro atoms. The van der Waals surface area contributed by atoms with Crippen molar-refractivity contribution in [1.82, 2.24) is 26.3 Å². The normalized spacial score (nSPS) is 15.2. The third kappa shape index (κ3) is 10.6. The highest BCUT2D eigenvalue weighted by Crippen LogP contribution is 2.40. The molecular weight excluding hydrogens is 769 g/mol. The number of primary amides is 1. The molecular formula is C43H52N10O5S. The molecule has 310 valence electrons. The Morgan fingerprint density at radius 1 is 0.712 bits per heavy atom. The minimum atomic E-state index is -1.20. The number of hydrogen-bond acceptors (Lipinski definition) is 8. The van der Waals surface area contributed by atoms with Crippen LogP contribution in [0.4, 0.5) is 0 Å². The molecule has 0 bridgehead atoms. The Morgan fingerprint density at radius 2 is 1.31 bits per heavy atom. The van der Waals surface area contributed by atoms with Gasteiger partial charge >= 0.3 is 0 Å². The van der Waals surface area contributed by atoms with E-state index in [0.29, 0.717) is 19.3 Å². The summed E-state index contributed by atoms with van der Waals surface area (Å²) < 4.78 is 1.04. The number of carbonyl (C=O) groups is 5. The molecule has 0 radical (unpaired) electrons. The number of aliphatic imine (C=N–C) groups is 1. The molecule has 4 atom stereocenters. The summed E-state index contributed by atoms with van der Waals surface area (Å²) in [5.41, 5.74) is 25.1. The van der Waals surface area contributed by atoms with Gasteiger partial charge in [0.1, 0.15) is 24.2 Å². The maximum atomic E-state index is 14.6. The molecule has 5 amide bonds. The number of guanidine groups is 1. The number of benzene rings is 3. The number of hydrogen-bond donors (Lipinski definition) is 9. The molecule has 0 aliphatic heterocycles. The van der Waals surface area contributed by atoms with Crippen molar-refractivity contribution in [3.63, 3.8) is 0 Å². The second-order valence-electron chi connectivity index (χ2n) is 15.1. The minimum Gasteiger partial charge on any atom is -0.370 e.